The lowest BCUT2D eigenvalue weighted by molar-refractivity contribution is 0.120. The molecule has 21 heavy (non-hydrogen) atoms. The summed E-state index contributed by atoms with van der Waals surface area (Å²) >= 11 is 1.38. The topological polar surface area (TPSA) is 68.5 Å². The van der Waals surface area contributed by atoms with Crippen LogP contribution in [0.25, 0.3) is 15.9 Å². The summed E-state index contributed by atoms with van der Waals surface area (Å²) in [4.78, 5) is 17.5. The van der Waals surface area contributed by atoms with E-state index in [0.29, 0.717) is 27.5 Å². The van der Waals surface area contributed by atoms with Crippen LogP contribution in [0.5, 0.6) is 0 Å². The van der Waals surface area contributed by atoms with Gasteiger partial charge in [0.2, 0.25) is 10.1 Å². The second-order valence-corrected chi connectivity index (χ2v) is 6.01. The van der Waals surface area contributed by atoms with Crippen molar-refractivity contribution in [1.82, 2.24) is 14.6 Å². The molecule has 1 aliphatic rings. The van der Waals surface area contributed by atoms with Crippen LogP contribution in [-0.4, -0.2) is 33.9 Å². The highest BCUT2D eigenvalue weighted by Crippen LogP contribution is 2.20. The summed E-state index contributed by atoms with van der Waals surface area (Å²) in [5.74, 6) is 0. The summed E-state index contributed by atoms with van der Waals surface area (Å²) in [7, 11) is 0. The third kappa shape index (κ3) is 2.28. The van der Waals surface area contributed by atoms with Crippen molar-refractivity contribution in [3.63, 3.8) is 0 Å². The number of nitrogens with one attached hydrogen (secondary N) is 1. The predicted molar refractivity (Wildman–Crippen MR) is 82.1 cm³/mol. The Balaban J connectivity index is 1.70. The van der Waals surface area contributed by atoms with Crippen LogP contribution >= 0.6 is 11.3 Å². The van der Waals surface area contributed by atoms with E-state index in [1.165, 1.54) is 15.9 Å². The zero-order valence-corrected chi connectivity index (χ0v) is 12.1. The van der Waals surface area contributed by atoms with Gasteiger partial charge in [0.05, 0.1) is 17.0 Å². The Labute approximate surface area is 124 Å². The summed E-state index contributed by atoms with van der Waals surface area (Å²) in [5.41, 5.74) is 0.578. The molecular formula is C14H14N4O2S. The maximum absolute atomic E-state index is 12.4. The first-order chi connectivity index (χ1) is 10.3. The maximum Gasteiger partial charge on any atom is 0.283 e. The highest BCUT2D eigenvalue weighted by molar-refractivity contribution is 7.20. The van der Waals surface area contributed by atoms with Crippen LogP contribution in [0.4, 0.5) is 5.13 Å². The number of hydrogen-bond donors (Lipinski definition) is 1. The molecule has 1 aromatic carbocycles. The molecule has 0 bridgehead atoms. The van der Waals surface area contributed by atoms with E-state index in [9.17, 15) is 4.79 Å². The van der Waals surface area contributed by atoms with Crippen molar-refractivity contribution in [2.45, 2.75) is 18.9 Å². The molecule has 1 N–H and O–H groups in total. The molecule has 6 nitrogen and oxygen atoms in total. The number of aromatic nitrogens is 3. The number of fused-ring (bicyclic) bond motifs is 2. The van der Waals surface area contributed by atoms with Gasteiger partial charge in [0.1, 0.15) is 0 Å². The summed E-state index contributed by atoms with van der Waals surface area (Å²) in [6.45, 7) is 1.55. The average Bonchev–Trinajstić information content (AvgIpc) is 3.14. The standard InChI is InChI=1S/C14H14N4O2S/c19-12-10-5-1-2-6-11(10)16-14-18(12)17-13(21-14)15-8-9-4-3-7-20-9/h1-2,5-6,9H,3-4,7-8H2,(H,15,17)/t9-/m0/s1. The molecule has 108 valence electrons. The number of ether oxygens (including phenoxy) is 1. The summed E-state index contributed by atoms with van der Waals surface area (Å²) in [6, 6.07) is 7.33. The maximum atomic E-state index is 12.4. The first-order valence-electron chi connectivity index (χ1n) is 6.95. The molecule has 2 aromatic heterocycles. The van der Waals surface area contributed by atoms with Gasteiger partial charge in [-0.25, -0.2) is 4.98 Å². The predicted octanol–water partition coefficient (Wildman–Crippen LogP) is 1.90. The van der Waals surface area contributed by atoms with Crippen LogP contribution < -0.4 is 10.9 Å². The Morgan fingerprint density at radius 2 is 2.33 bits per heavy atom. The highest BCUT2D eigenvalue weighted by Gasteiger charge is 2.16. The smallest absolute Gasteiger partial charge is 0.283 e. The lowest BCUT2D eigenvalue weighted by Gasteiger charge is -2.08. The third-order valence-corrected chi connectivity index (χ3v) is 4.47. The van der Waals surface area contributed by atoms with Crippen molar-refractivity contribution in [1.29, 1.82) is 0 Å². The quantitative estimate of drug-likeness (QED) is 0.800. The van der Waals surface area contributed by atoms with Gasteiger partial charge in [0.15, 0.2) is 0 Å². The van der Waals surface area contributed by atoms with Crippen molar-refractivity contribution < 1.29 is 4.74 Å². The number of hydrogen-bond acceptors (Lipinski definition) is 6. The number of nitrogens with zero attached hydrogens (tertiary/aromatic N) is 3. The summed E-state index contributed by atoms with van der Waals surface area (Å²) < 4.78 is 6.93. The molecule has 3 aromatic rings. The van der Waals surface area contributed by atoms with Gasteiger partial charge in [-0.15, -0.1) is 5.10 Å². The van der Waals surface area contributed by atoms with Crippen molar-refractivity contribution in [2.75, 3.05) is 18.5 Å². The monoisotopic (exact) mass is 302 g/mol. The second-order valence-electron chi connectivity index (χ2n) is 5.05. The van der Waals surface area contributed by atoms with E-state index in [1.54, 1.807) is 6.07 Å². The van der Waals surface area contributed by atoms with Crippen molar-refractivity contribution in [2.24, 2.45) is 0 Å². The van der Waals surface area contributed by atoms with Crippen molar-refractivity contribution in [3.05, 3.63) is 34.6 Å². The minimum absolute atomic E-state index is 0.128. The Morgan fingerprint density at radius 1 is 1.43 bits per heavy atom. The molecule has 7 heteroatoms. The van der Waals surface area contributed by atoms with Crippen LogP contribution in [0.15, 0.2) is 29.1 Å². The van der Waals surface area contributed by atoms with Gasteiger partial charge in [-0.1, -0.05) is 23.5 Å². The fraction of sp³-hybridized carbons (Fsp3) is 0.357. The van der Waals surface area contributed by atoms with Crippen LogP contribution in [0.2, 0.25) is 0 Å². The number of benzene rings is 1. The summed E-state index contributed by atoms with van der Waals surface area (Å²) in [6.07, 6.45) is 2.42. The van der Waals surface area contributed by atoms with Crippen LogP contribution in [0, 0.1) is 0 Å². The van der Waals surface area contributed by atoms with E-state index >= 15 is 0 Å². The molecule has 0 spiro atoms. The first-order valence-corrected chi connectivity index (χ1v) is 7.77. The fourth-order valence-electron chi connectivity index (χ4n) is 2.53. The molecule has 0 unspecified atom stereocenters. The highest BCUT2D eigenvalue weighted by atomic mass is 32.1. The number of para-hydroxylation sites is 1. The van der Waals surface area contributed by atoms with Crippen LogP contribution in [0.3, 0.4) is 0 Å². The molecule has 1 aliphatic heterocycles. The minimum atomic E-state index is -0.128. The van der Waals surface area contributed by atoms with Gasteiger partial charge >= 0.3 is 0 Å². The SMILES string of the molecule is O=c1c2ccccc2nc2sc(NC[C@@H]3CCCO3)nn12. The van der Waals surface area contributed by atoms with Gasteiger partial charge < -0.3 is 10.1 Å². The first kappa shape index (κ1) is 12.7. The molecule has 0 radical (unpaired) electrons. The third-order valence-electron chi connectivity index (χ3n) is 3.61. The van der Waals surface area contributed by atoms with E-state index in [-0.39, 0.29) is 11.7 Å². The molecule has 1 fully saturated rings. The molecule has 0 saturated carbocycles. The van der Waals surface area contributed by atoms with Crippen LogP contribution in [-0.2, 0) is 4.74 Å². The minimum Gasteiger partial charge on any atom is -0.376 e. The van der Waals surface area contributed by atoms with Gasteiger partial charge in [0, 0.05) is 13.2 Å². The Morgan fingerprint density at radius 3 is 3.19 bits per heavy atom. The fourth-order valence-corrected chi connectivity index (χ4v) is 3.34. The van der Waals surface area contributed by atoms with Gasteiger partial charge in [-0.05, 0) is 25.0 Å². The lowest BCUT2D eigenvalue weighted by atomic mass is 10.2. The summed E-state index contributed by atoms with van der Waals surface area (Å²) in [5, 5.41) is 8.85. The molecule has 1 atom stereocenters. The van der Waals surface area contributed by atoms with E-state index in [1.807, 2.05) is 18.2 Å². The zero-order valence-electron chi connectivity index (χ0n) is 11.3. The normalized spacial score (nSPS) is 18.6. The number of rotatable bonds is 3. The van der Waals surface area contributed by atoms with Crippen molar-refractivity contribution in [3.8, 4) is 0 Å². The molecule has 1 saturated heterocycles. The lowest BCUT2D eigenvalue weighted by Crippen LogP contribution is -2.19. The van der Waals surface area contributed by atoms with Crippen LogP contribution in [0.1, 0.15) is 12.8 Å². The number of anilines is 1. The second kappa shape index (κ2) is 5.09. The molecule has 0 amide bonds. The van der Waals surface area contributed by atoms with E-state index in [4.69, 9.17) is 4.74 Å². The molecule has 3 heterocycles. The molecular weight excluding hydrogens is 288 g/mol. The van der Waals surface area contributed by atoms with Gasteiger partial charge in [-0.3, -0.25) is 4.79 Å². The molecule has 0 aliphatic carbocycles. The Bertz CT molecular complexity index is 851. The average molecular weight is 302 g/mol. The van der Waals surface area contributed by atoms with Gasteiger partial charge in [-0.2, -0.15) is 4.52 Å². The van der Waals surface area contributed by atoms with Gasteiger partial charge in [0.25, 0.3) is 5.56 Å². The van der Waals surface area contributed by atoms with E-state index in [0.717, 1.165) is 19.4 Å². The Kier molecular flexibility index (Phi) is 3.08. The Hall–Kier alpha value is -1.99. The van der Waals surface area contributed by atoms with E-state index in [2.05, 4.69) is 15.4 Å². The largest absolute Gasteiger partial charge is 0.376 e. The van der Waals surface area contributed by atoms with E-state index < -0.39 is 0 Å². The zero-order chi connectivity index (χ0) is 14.2. The van der Waals surface area contributed by atoms with Crippen molar-refractivity contribution >= 4 is 32.3 Å². The molecule has 4 rings (SSSR count).